The lowest BCUT2D eigenvalue weighted by atomic mass is 10.2. The van der Waals surface area contributed by atoms with E-state index in [1.54, 1.807) is 30.3 Å². The summed E-state index contributed by atoms with van der Waals surface area (Å²) in [5.74, 6) is 0.0390. The van der Waals surface area contributed by atoms with Gasteiger partial charge in [-0.2, -0.15) is 0 Å². The van der Waals surface area contributed by atoms with Crippen LogP contribution < -0.4 is 15.4 Å². The van der Waals surface area contributed by atoms with Crippen LogP contribution in [0.1, 0.15) is 22.5 Å². The van der Waals surface area contributed by atoms with Gasteiger partial charge in [0, 0.05) is 18.5 Å². The Morgan fingerprint density at radius 2 is 2.13 bits per heavy atom. The third kappa shape index (κ3) is 3.75. The summed E-state index contributed by atoms with van der Waals surface area (Å²) in [5, 5.41) is 7.22. The minimum atomic E-state index is -0.252. The maximum atomic E-state index is 11.9. The first-order valence-electron chi connectivity index (χ1n) is 7.05. The number of fused-ring (bicyclic) bond motifs is 1. The number of hydrogen-bond donors (Lipinski definition) is 2. The van der Waals surface area contributed by atoms with Crippen molar-refractivity contribution < 1.29 is 19.1 Å². The molecule has 2 heterocycles. The summed E-state index contributed by atoms with van der Waals surface area (Å²) < 4.78 is 5.25. The van der Waals surface area contributed by atoms with Crippen molar-refractivity contribution in [2.75, 3.05) is 17.2 Å². The van der Waals surface area contributed by atoms with E-state index in [9.17, 15) is 14.4 Å². The molecule has 0 saturated carbocycles. The zero-order valence-electron chi connectivity index (χ0n) is 12.1. The van der Waals surface area contributed by atoms with Gasteiger partial charge < -0.3 is 15.4 Å². The van der Waals surface area contributed by atoms with Crippen molar-refractivity contribution in [3.05, 3.63) is 40.6 Å². The molecule has 0 atom stereocenters. The Bertz CT molecular complexity index is 755. The van der Waals surface area contributed by atoms with Gasteiger partial charge in [-0.25, -0.2) is 0 Å². The molecule has 0 fully saturated rings. The van der Waals surface area contributed by atoms with Crippen LogP contribution in [0, 0.1) is 0 Å². The molecular weight excluding hydrogens is 316 g/mol. The largest absolute Gasteiger partial charge is 0.482 e. The van der Waals surface area contributed by atoms with Crippen LogP contribution in [0.2, 0.25) is 0 Å². The number of thiophene rings is 1. The SMILES string of the molecule is O=C(CCC(=O)c1cccs1)Nc1ccc2c(c1)NC(=O)CO2. The zero-order chi connectivity index (χ0) is 16.2. The van der Waals surface area contributed by atoms with Crippen molar-refractivity contribution in [1.82, 2.24) is 0 Å². The Kier molecular flexibility index (Phi) is 4.38. The molecule has 1 aromatic carbocycles. The lowest BCUT2D eigenvalue weighted by Gasteiger charge is -2.18. The highest BCUT2D eigenvalue weighted by molar-refractivity contribution is 7.12. The minimum Gasteiger partial charge on any atom is -0.482 e. The summed E-state index contributed by atoms with van der Waals surface area (Å²) in [6, 6.07) is 8.56. The number of nitrogens with one attached hydrogen (secondary N) is 2. The van der Waals surface area contributed by atoms with Gasteiger partial charge in [-0.1, -0.05) is 6.07 Å². The van der Waals surface area contributed by atoms with Gasteiger partial charge in [0.15, 0.2) is 12.4 Å². The topological polar surface area (TPSA) is 84.5 Å². The van der Waals surface area contributed by atoms with E-state index in [-0.39, 0.29) is 37.0 Å². The highest BCUT2D eigenvalue weighted by Crippen LogP contribution is 2.30. The third-order valence-corrected chi connectivity index (χ3v) is 4.18. The van der Waals surface area contributed by atoms with Crippen LogP contribution in [0.25, 0.3) is 0 Å². The lowest BCUT2D eigenvalue weighted by Crippen LogP contribution is -2.25. The van der Waals surface area contributed by atoms with Crippen molar-refractivity contribution in [1.29, 1.82) is 0 Å². The van der Waals surface area contributed by atoms with Gasteiger partial charge in [-0.3, -0.25) is 14.4 Å². The fourth-order valence-electron chi connectivity index (χ4n) is 2.17. The van der Waals surface area contributed by atoms with E-state index < -0.39 is 0 Å². The Balaban J connectivity index is 1.57. The Hall–Kier alpha value is -2.67. The predicted molar refractivity (Wildman–Crippen MR) is 87.1 cm³/mol. The monoisotopic (exact) mass is 330 g/mol. The number of anilines is 2. The van der Waals surface area contributed by atoms with Gasteiger partial charge >= 0.3 is 0 Å². The molecule has 0 radical (unpaired) electrons. The molecule has 23 heavy (non-hydrogen) atoms. The number of Topliss-reactive ketones (excluding diaryl/α,β-unsaturated/α-hetero) is 1. The molecule has 2 amide bonds. The average Bonchev–Trinajstić information content (AvgIpc) is 3.06. The van der Waals surface area contributed by atoms with Crippen LogP contribution in [0.3, 0.4) is 0 Å². The highest BCUT2D eigenvalue weighted by atomic mass is 32.1. The van der Waals surface area contributed by atoms with E-state index in [0.717, 1.165) is 0 Å². The summed E-state index contributed by atoms with van der Waals surface area (Å²) in [5.41, 5.74) is 1.07. The smallest absolute Gasteiger partial charge is 0.262 e. The number of ketones is 1. The Labute approximate surface area is 136 Å². The maximum Gasteiger partial charge on any atom is 0.262 e. The first kappa shape index (κ1) is 15.2. The highest BCUT2D eigenvalue weighted by Gasteiger charge is 2.16. The molecule has 1 aromatic heterocycles. The standard InChI is InChI=1S/C16H14N2O4S/c19-12(14-2-1-7-23-14)4-6-15(20)17-10-3-5-13-11(8-10)18-16(21)9-22-13/h1-3,5,7-8H,4,6,9H2,(H,17,20)(H,18,21). The first-order valence-corrected chi connectivity index (χ1v) is 7.93. The van der Waals surface area contributed by atoms with E-state index in [1.807, 2.05) is 5.38 Å². The van der Waals surface area contributed by atoms with E-state index >= 15 is 0 Å². The quantitative estimate of drug-likeness (QED) is 0.826. The van der Waals surface area contributed by atoms with E-state index in [0.29, 0.717) is 22.0 Å². The molecule has 118 valence electrons. The zero-order valence-corrected chi connectivity index (χ0v) is 12.9. The molecule has 7 heteroatoms. The van der Waals surface area contributed by atoms with Gasteiger partial charge in [-0.15, -0.1) is 11.3 Å². The molecule has 3 rings (SSSR count). The molecule has 0 saturated heterocycles. The van der Waals surface area contributed by atoms with E-state index in [1.165, 1.54) is 11.3 Å². The molecule has 0 spiro atoms. The molecule has 1 aliphatic heterocycles. The number of carbonyl (C=O) groups is 3. The van der Waals surface area contributed by atoms with Crippen LogP contribution >= 0.6 is 11.3 Å². The van der Waals surface area contributed by atoms with Gasteiger partial charge in [0.25, 0.3) is 5.91 Å². The third-order valence-electron chi connectivity index (χ3n) is 3.27. The van der Waals surface area contributed by atoms with Crippen LogP contribution in [0.15, 0.2) is 35.7 Å². The number of amides is 2. The molecule has 2 aromatic rings. The van der Waals surface area contributed by atoms with Crippen LogP contribution in [-0.4, -0.2) is 24.2 Å². The molecule has 0 aliphatic carbocycles. The maximum absolute atomic E-state index is 11.9. The fraction of sp³-hybridized carbons (Fsp3) is 0.188. The molecule has 1 aliphatic rings. The van der Waals surface area contributed by atoms with Crippen molar-refractivity contribution >= 4 is 40.3 Å². The minimum absolute atomic E-state index is 0.0104. The predicted octanol–water partition coefficient (Wildman–Crippen LogP) is 2.68. The first-order chi connectivity index (χ1) is 11.1. The van der Waals surface area contributed by atoms with Crippen molar-refractivity contribution in [3.8, 4) is 5.75 Å². The summed E-state index contributed by atoms with van der Waals surface area (Å²) in [4.78, 5) is 35.7. The van der Waals surface area contributed by atoms with Crippen molar-refractivity contribution in [3.63, 3.8) is 0 Å². The number of ether oxygens (including phenoxy) is 1. The second-order valence-electron chi connectivity index (χ2n) is 5.00. The van der Waals surface area contributed by atoms with E-state index in [4.69, 9.17) is 4.74 Å². The van der Waals surface area contributed by atoms with Gasteiger partial charge in [0.1, 0.15) is 5.75 Å². The number of carbonyl (C=O) groups excluding carboxylic acids is 3. The molecule has 2 N–H and O–H groups in total. The summed E-state index contributed by atoms with van der Waals surface area (Å²) in [7, 11) is 0. The van der Waals surface area contributed by atoms with Crippen LogP contribution in [0.4, 0.5) is 11.4 Å². The second-order valence-corrected chi connectivity index (χ2v) is 5.94. The second kappa shape index (κ2) is 6.62. The molecular formula is C16H14N2O4S. The normalized spacial score (nSPS) is 12.8. The average molecular weight is 330 g/mol. The van der Waals surface area contributed by atoms with Gasteiger partial charge in [0.2, 0.25) is 5.91 Å². The Morgan fingerprint density at radius 3 is 2.91 bits per heavy atom. The van der Waals surface area contributed by atoms with Crippen LogP contribution in [-0.2, 0) is 9.59 Å². The summed E-state index contributed by atoms with van der Waals surface area (Å²) in [6.45, 7) is -0.0104. The van der Waals surface area contributed by atoms with Crippen molar-refractivity contribution in [2.45, 2.75) is 12.8 Å². The van der Waals surface area contributed by atoms with Crippen LogP contribution in [0.5, 0.6) is 5.75 Å². The van der Waals surface area contributed by atoms with Gasteiger partial charge in [0.05, 0.1) is 10.6 Å². The van der Waals surface area contributed by atoms with Gasteiger partial charge in [-0.05, 0) is 29.6 Å². The van der Waals surface area contributed by atoms with E-state index in [2.05, 4.69) is 10.6 Å². The lowest BCUT2D eigenvalue weighted by molar-refractivity contribution is -0.118. The number of rotatable bonds is 5. The number of hydrogen-bond acceptors (Lipinski definition) is 5. The summed E-state index contributed by atoms with van der Waals surface area (Å²) >= 11 is 1.37. The molecule has 0 bridgehead atoms. The molecule has 0 unspecified atom stereocenters. The Morgan fingerprint density at radius 1 is 1.26 bits per heavy atom. The summed E-state index contributed by atoms with van der Waals surface area (Å²) in [6.07, 6.45) is 0.272. The molecule has 6 nitrogen and oxygen atoms in total. The fourth-order valence-corrected chi connectivity index (χ4v) is 2.87. The van der Waals surface area contributed by atoms with Crippen molar-refractivity contribution in [2.24, 2.45) is 0 Å². The number of benzene rings is 1.